The molecule has 4 heteroatoms. The average molecular weight is 243 g/mol. The van der Waals surface area contributed by atoms with Gasteiger partial charge in [0.05, 0.1) is 0 Å². The van der Waals surface area contributed by atoms with Crippen LogP contribution < -0.4 is 4.74 Å². The zero-order valence-electron chi connectivity index (χ0n) is 9.31. The topological polar surface area (TPSA) is 46.5 Å². The van der Waals surface area contributed by atoms with Crippen molar-refractivity contribution in [2.24, 2.45) is 0 Å². The summed E-state index contributed by atoms with van der Waals surface area (Å²) >= 11 is 5.96. The summed E-state index contributed by atoms with van der Waals surface area (Å²) in [7, 11) is 0. The number of ether oxygens (including phenoxy) is 1. The highest BCUT2D eigenvalue weighted by Gasteiger charge is 2.40. The molecule has 2 unspecified atom stereocenters. The summed E-state index contributed by atoms with van der Waals surface area (Å²) in [4.78, 5) is 9.59. The van der Waals surface area contributed by atoms with Crippen LogP contribution in [0.5, 0.6) is 5.75 Å². The van der Waals surface area contributed by atoms with Crippen LogP contribution in [0.15, 0.2) is 30.3 Å². The molecule has 0 amide bonds. The van der Waals surface area contributed by atoms with Crippen LogP contribution >= 0.6 is 11.6 Å². The molecule has 0 fully saturated rings. The second-order valence-electron chi connectivity index (χ2n) is 3.71. The van der Waals surface area contributed by atoms with E-state index in [1.54, 1.807) is 12.1 Å². The van der Waals surface area contributed by atoms with E-state index in [1.807, 2.05) is 25.1 Å². The SMILES string of the molecule is CCC(Oc1ccccc1)C(C)(Cl)C(=O)O. The van der Waals surface area contributed by atoms with E-state index in [1.165, 1.54) is 6.92 Å². The Morgan fingerprint density at radius 3 is 2.50 bits per heavy atom. The molecule has 0 aliphatic carbocycles. The Balaban J connectivity index is 2.81. The maximum Gasteiger partial charge on any atom is 0.328 e. The Labute approximate surface area is 100.0 Å². The summed E-state index contributed by atoms with van der Waals surface area (Å²) in [5.74, 6) is -0.445. The van der Waals surface area contributed by atoms with E-state index in [-0.39, 0.29) is 0 Å². The van der Waals surface area contributed by atoms with Crippen molar-refractivity contribution in [3.63, 3.8) is 0 Å². The molecule has 1 aromatic carbocycles. The minimum atomic E-state index is -1.41. The number of carboxylic acids is 1. The molecule has 0 radical (unpaired) electrons. The van der Waals surface area contributed by atoms with E-state index in [0.29, 0.717) is 12.2 Å². The maximum absolute atomic E-state index is 11.0. The minimum absolute atomic E-state index is 0.529. The minimum Gasteiger partial charge on any atom is -0.488 e. The lowest BCUT2D eigenvalue weighted by Crippen LogP contribution is -2.44. The number of aliphatic carboxylic acids is 1. The van der Waals surface area contributed by atoms with Crippen LogP contribution in [0.3, 0.4) is 0 Å². The molecule has 0 heterocycles. The van der Waals surface area contributed by atoms with E-state index in [4.69, 9.17) is 21.4 Å². The lowest BCUT2D eigenvalue weighted by molar-refractivity contribution is -0.142. The zero-order chi connectivity index (χ0) is 12.2. The van der Waals surface area contributed by atoms with Crippen LogP contribution in [0.25, 0.3) is 0 Å². The van der Waals surface area contributed by atoms with Gasteiger partial charge in [0, 0.05) is 0 Å². The predicted molar refractivity (Wildman–Crippen MR) is 63.0 cm³/mol. The first-order chi connectivity index (χ1) is 7.48. The molecule has 0 spiro atoms. The Hall–Kier alpha value is -1.22. The Morgan fingerprint density at radius 2 is 2.06 bits per heavy atom. The van der Waals surface area contributed by atoms with Gasteiger partial charge in [0.2, 0.25) is 0 Å². The predicted octanol–water partition coefficient (Wildman–Crippen LogP) is 2.93. The highest BCUT2D eigenvalue weighted by atomic mass is 35.5. The molecule has 1 rings (SSSR count). The summed E-state index contributed by atoms with van der Waals surface area (Å²) in [5, 5.41) is 9.01. The monoisotopic (exact) mass is 242 g/mol. The molecular weight excluding hydrogens is 228 g/mol. The van der Waals surface area contributed by atoms with Gasteiger partial charge in [0.15, 0.2) is 4.87 Å². The third-order valence-corrected chi connectivity index (χ3v) is 2.82. The second kappa shape index (κ2) is 5.21. The zero-order valence-corrected chi connectivity index (χ0v) is 10.1. The van der Waals surface area contributed by atoms with Gasteiger partial charge in [0.1, 0.15) is 11.9 Å². The summed E-state index contributed by atoms with van der Waals surface area (Å²) in [6.45, 7) is 3.30. The lowest BCUT2D eigenvalue weighted by atomic mass is 10.0. The Morgan fingerprint density at radius 1 is 1.50 bits per heavy atom. The van der Waals surface area contributed by atoms with Gasteiger partial charge in [0.25, 0.3) is 0 Å². The third-order valence-electron chi connectivity index (χ3n) is 2.42. The smallest absolute Gasteiger partial charge is 0.328 e. The number of para-hydroxylation sites is 1. The molecule has 0 bridgehead atoms. The fourth-order valence-corrected chi connectivity index (χ4v) is 1.58. The summed E-state index contributed by atoms with van der Waals surface area (Å²) in [6.07, 6.45) is -0.0321. The van der Waals surface area contributed by atoms with Crippen molar-refractivity contribution in [1.82, 2.24) is 0 Å². The van der Waals surface area contributed by atoms with Gasteiger partial charge in [-0.05, 0) is 25.5 Å². The van der Waals surface area contributed by atoms with Crippen LogP contribution in [0.2, 0.25) is 0 Å². The van der Waals surface area contributed by atoms with Crippen molar-refractivity contribution in [3.05, 3.63) is 30.3 Å². The molecule has 88 valence electrons. The van der Waals surface area contributed by atoms with Crippen molar-refractivity contribution >= 4 is 17.6 Å². The lowest BCUT2D eigenvalue weighted by Gasteiger charge is -2.27. The van der Waals surface area contributed by atoms with Gasteiger partial charge in [-0.3, -0.25) is 4.79 Å². The molecule has 3 nitrogen and oxygen atoms in total. The summed E-state index contributed by atoms with van der Waals surface area (Å²) in [6, 6.07) is 9.07. The van der Waals surface area contributed by atoms with Crippen molar-refractivity contribution in [2.75, 3.05) is 0 Å². The van der Waals surface area contributed by atoms with Crippen LogP contribution in [-0.4, -0.2) is 22.1 Å². The number of hydrogen-bond donors (Lipinski definition) is 1. The van der Waals surface area contributed by atoms with Gasteiger partial charge in [-0.1, -0.05) is 25.1 Å². The molecule has 1 aromatic rings. The second-order valence-corrected chi connectivity index (χ2v) is 4.49. The van der Waals surface area contributed by atoms with Crippen molar-refractivity contribution in [3.8, 4) is 5.75 Å². The molecule has 16 heavy (non-hydrogen) atoms. The fourth-order valence-electron chi connectivity index (χ4n) is 1.38. The third kappa shape index (κ3) is 2.89. The van der Waals surface area contributed by atoms with Crippen molar-refractivity contribution in [2.45, 2.75) is 31.2 Å². The molecule has 2 atom stereocenters. The number of carboxylic acid groups (broad SMARTS) is 1. The number of halogens is 1. The molecule has 1 N–H and O–H groups in total. The van der Waals surface area contributed by atoms with E-state index >= 15 is 0 Å². The first kappa shape index (κ1) is 12.8. The Bertz CT molecular complexity index is 349. The molecular formula is C12H15ClO3. The van der Waals surface area contributed by atoms with Crippen molar-refractivity contribution < 1.29 is 14.6 Å². The quantitative estimate of drug-likeness (QED) is 0.808. The van der Waals surface area contributed by atoms with Crippen LogP contribution in [0.1, 0.15) is 20.3 Å². The Kier molecular flexibility index (Phi) is 4.19. The van der Waals surface area contributed by atoms with Gasteiger partial charge < -0.3 is 9.84 Å². The number of hydrogen-bond acceptors (Lipinski definition) is 2. The summed E-state index contributed by atoms with van der Waals surface area (Å²) in [5.41, 5.74) is 0. The average Bonchev–Trinajstić information content (AvgIpc) is 2.26. The maximum atomic E-state index is 11.0. The number of carbonyl (C=O) groups is 1. The standard InChI is InChI=1S/C12H15ClO3/c1-3-10(12(2,13)11(14)15)16-9-7-5-4-6-8-9/h4-8,10H,3H2,1-2H3,(H,14,15). The number of rotatable bonds is 5. The van der Waals surface area contributed by atoms with E-state index in [9.17, 15) is 4.79 Å². The number of benzene rings is 1. The van der Waals surface area contributed by atoms with E-state index < -0.39 is 16.9 Å². The van der Waals surface area contributed by atoms with Gasteiger partial charge >= 0.3 is 5.97 Å². The first-order valence-corrected chi connectivity index (χ1v) is 5.50. The largest absolute Gasteiger partial charge is 0.488 e. The van der Waals surface area contributed by atoms with Crippen LogP contribution in [0, 0.1) is 0 Å². The van der Waals surface area contributed by atoms with Gasteiger partial charge in [-0.15, -0.1) is 11.6 Å². The fraction of sp³-hybridized carbons (Fsp3) is 0.417. The van der Waals surface area contributed by atoms with Gasteiger partial charge in [-0.25, -0.2) is 0 Å². The molecule has 0 aromatic heterocycles. The van der Waals surface area contributed by atoms with E-state index in [0.717, 1.165) is 0 Å². The van der Waals surface area contributed by atoms with Gasteiger partial charge in [-0.2, -0.15) is 0 Å². The number of alkyl halides is 1. The molecule has 0 aliphatic rings. The van der Waals surface area contributed by atoms with E-state index in [2.05, 4.69) is 0 Å². The first-order valence-electron chi connectivity index (χ1n) is 5.12. The summed E-state index contributed by atoms with van der Waals surface area (Å²) < 4.78 is 5.58. The molecule has 0 saturated heterocycles. The highest BCUT2D eigenvalue weighted by Crippen LogP contribution is 2.26. The normalized spacial score (nSPS) is 16.2. The highest BCUT2D eigenvalue weighted by molar-refractivity contribution is 6.34. The van der Waals surface area contributed by atoms with Crippen molar-refractivity contribution in [1.29, 1.82) is 0 Å². The van der Waals surface area contributed by atoms with Crippen LogP contribution in [0.4, 0.5) is 0 Å². The molecule has 0 aliphatic heterocycles. The van der Waals surface area contributed by atoms with Crippen LogP contribution in [-0.2, 0) is 4.79 Å². The molecule has 0 saturated carbocycles.